The van der Waals surface area contributed by atoms with Crippen LogP contribution in [0.5, 0.6) is 0 Å². The first kappa shape index (κ1) is 20.7. The van der Waals surface area contributed by atoms with Gasteiger partial charge in [0, 0.05) is 40.8 Å². The lowest BCUT2D eigenvalue weighted by molar-refractivity contribution is -0.141. The van der Waals surface area contributed by atoms with Crippen LogP contribution in [0, 0.1) is 6.92 Å². The van der Waals surface area contributed by atoms with Gasteiger partial charge in [-0.15, -0.1) is 0 Å². The number of aliphatic hydroxyl groups is 2. The van der Waals surface area contributed by atoms with Gasteiger partial charge in [-0.1, -0.05) is 0 Å². The van der Waals surface area contributed by atoms with Crippen molar-refractivity contribution in [2.75, 3.05) is 30.1 Å². The Morgan fingerprint density at radius 2 is 2.09 bits per heavy atom. The number of hydrogen-bond donors (Lipinski definition) is 3. The quantitative estimate of drug-likeness (QED) is 0.323. The third-order valence-electron chi connectivity index (χ3n) is 5.65. The molecule has 1 fully saturated rings. The SMILES string of the molecule is COC(=O)c1cc(-c2ccc(C)nc2)nc2c1[nH]c1cc(N3CCSCC3(O)O)ccc12. The number of pyridine rings is 2. The Bertz CT molecular complexity index is 1330. The highest BCUT2D eigenvalue weighted by atomic mass is 32.2. The number of aryl methyl sites for hydroxylation is 1. The van der Waals surface area contributed by atoms with Crippen molar-refractivity contribution in [2.45, 2.75) is 12.8 Å². The summed E-state index contributed by atoms with van der Waals surface area (Å²) in [5, 5.41) is 21.6. The molecule has 5 rings (SSSR count). The van der Waals surface area contributed by atoms with Gasteiger partial charge in [0.25, 0.3) is 5.91 Å². The van der Waals surface area contributed by atoms with Crippen molar-refractivity contribution in [1.29, 1.82) is 0 Å². The molecule has 8 nitrogen and oxygen atoms in total. The number of esters is 1. The third-order valence-corrected chi connectivity index (χ3v) is 6.71. The maximum atomic E-state index is 12.6. The number of aromatic amines is 1. The fraction of sp³-hybridized carbons (Fsp3) is 0.261. The summed E-state index contributed by atoms with van der Waals surface area (Å²) in [5.41, 5.74) is 5.31. The molecule has 0 aliphatic carbocycles. The summed E-state index contributed by atoms with van der Waals surface area (Å²) in [6, 6.07) is 11.1. The molecule has 3 N–H and O–H groups in total. The molecule has 4 heterocycles. The molecular weight excluding hydrogens is 428 g/mol. The predicted molar refractivity (Wildman–Crippen MR) is 125 cm³/mol. The van der Waals surface area contributed by atoms with Crippen molar-refractivity contribution in [3.8, 4) is 11.3 Å². The van der Waals surface area contributed by atoms with E-state index in [1.807, 2.05) is 37.3 Å². The Morgan fingerprint density at radius 1 is 1.25 bits per heavy atom. The van der Waals surface area contributed by atoms with Gasteiger partial charge < -0.3 is 24.8 Å². The number of thioether (sulfide) groups is 1. The zero-order valence-corrected chi connectivity index (χ0v) is 18.4. The molecule has 1 aromatic carbocycles. The average molecular weight is 451 g/mol. The average Bonchev–Trinajstić information content (AvgIpc) is 3.16. The smallest absolute Gasteiger partial charge is 0.340 e. The third kappa shape index (κ3) is 3.48. The largest absolute Gasteiger partial charge is 0.465 e. The topological polar surface area (TPSA) is 112 Å². The van der Waals surface area contributed by atoms with E-state index >= 15 is 0 Å². The Labute approximate surface area is 188 Å². The number of rotatable bonds is 3. The maximum absolute atomic E-state index is 12.6. The summed E-state index contributed by atoms with van der Waals surface area (Å²) in [4.78, 5) is 26.6. The first-order valence-electron chi connectivity index (χ1n) is 10.2. The van der Waals surface area contributed by atoms with E-state index in [4.69, 9.17) is 9.72 Å². The van der Waals surface area contributed by atoms with Crippen LogP contribution in [-0.2, 0) is 4.74 Å². The van der Waals surface area contributed by atoms with E-state index in [-0.39, 0.29) is 5.75 Å². The normalized spacial score (nSPS) is 15.9. The summed E-state index contributed by atoms with van der Waals surface area (Å²) < 4.78 is 5.02. The monoisotopic (exact) mass is 450 g/mol. The highest BCUT2D eigenvalue weighted by Crippen LogP contribution is 2.35. The maximum Gasteiger partial charge on any atom is 0.340 e. The van der Waals surface area contributed by atoms with Gasteiger partial charge in [0.2, 0.25) is 0 Å². The standard InChI is InChI=1S/C23H22N4O4S/c1-13-3-4-14(11-24-13)18-10-17(22(28)31-2)21-20(25-18)16-6-5-15(9-19(16)26-21)27-7-8-32-12-23(27,29)30/h3-6,9-11,26,29-30H,7-8,12H2,1-2H3. The van der Waals surface area contributed by atoms with Gasteiger partial charge in [0.05, 0.1) is 40.7 Å². The van der Waals surface area contributed by atoms with Crippen LogP contribution in [0.25, 0.3) is 33.2 Å². The van der Waals surface area contributed by atoms with Crippen molar-refractivity contribution >= 4 is 45.4 Å². The molecule has 3 aromatic heterocycles. The van der Waals surface area contributed by atoms with Crippen LogP contribution < -0.4 is 4.90 Å². The van der Waals surface area contributed by atoms with Gasteiger partial charge in [-0.2, -0.15) is 11.8 Å². The van der Waals surface area contributed by atoms with Gasteiger partial charge in [0.1, 0.15) is 0 Å². The second-order valence-corrected chi connectivity index (χ2v) is 8.90. The first-order chi connectivity index (χ1) is 15.4. The van der Waals surface area contributed by atoms with Gasteiger partial charge in [-0.25, -0.2) is 9.78 Å². The van der Waals surface area contributed by atoms with Crippen LogP contribution in [0.15, 0.2) is 42.6 Å². The highest BCUT2D eigenvalue weighted by molar-refractivity contribution is 7.99. The lowest BCUT2D eigenvalue weighted by atomic mass is 10.1. The number of H-pyrrole nitrogens is 1. The number of ether oxygens (including phenoxy) is 1. The van der Waals surface area contributed by atoms with E-state index in [1.54, 1.807) is 17.2 Å². The molecule has 0 saturated carbocycles. The highest BCUT2D eigenvalue weighted by Gasteiger charge is 2.35. The molecule has 1 aliphatic heterocycles. The molecule has 1 aliphatic rings. The Balaban J connectivity index is 1.70. The van der Waals surface area contributed by atoms with Crippen LogP contribution in [0.4, 0.5) is 5.69 Å². The summed E-state index contributed by atoms with van der Waals surface area (Å²) in [7, 11) is 1.35. The second kappa shape index (κ2) is 7.77. The molecule has 0 unspecified atom stereocenters. The van der Waals surface area contributed by atoms with Crippen LogP contribution in [-0.4, -0.2) is 62.2 Å². The number of fused-ring (bicyclic) bond motifs is 3. The van der Waals surface area contributed by atoms with E-state index in [1.165, 1.54) is 18.9 Å². The lowest BCUT2D eigenvalue weighted by Crippen LogP contribution is -2.54. The summed E-state index contributed by atoms with van der Waals surface area (Å²) >= 11 is 1.50. The molecule has 0 atom stereocenters. The molecule has 0 spiro atoms. The van der Waals surface area contributed by atoms with Gasteiger partial charge in [0.15, 0.2) is 0 Å². The van der Waals surface area contributed by atoms with E-state index < -0.39 is 11.9 Å². The molecular formula is C23H22N4O4S. The zero-order valence-electron chi connectivity index (χ0n) is 17.6. The number of nitrogens with one attached hydrogen (secondary N) is 1. The van der Waals surface area contributed by atoms with Crippen LogP contribution in [0.1, 0.15) is 16.1 Å². The van der Waals surface area contributed by atoms with Gasteiger partial charge in [-0.3, -0.25) is 4.98 Å². The number of nitrogens with zero attached hydrogens (tertiary/aromatic N) is 3. The number of hydrogen-bond acceptors (Lipinski definition) is 8. The summed E-state index contributed by atoms with van der Waals surface area (Å²) in [5.74, 6) is -1.37. The zero-order chi connectivity index (χ0) is 22.5. The van der Waals surface area contributed by atoms with Gasteiger partial charge >= 0.3 is 5.97 Å². The molecule has 1 saturated heterocycles. The summed E-state index contributed by atoms with van der Waals surface area (Å²) in [6.07, 6.45) is 1.73. The molecule has 0 bridgehead atoms. The fourth-order valence-electron chi connectivity index (χ4n) is 4.01. The molecule has 32 heavy (non-hydrogen) atoms. The number of benzene rings is 1. The van der Waals surface area contributed by atoms with Gasteiger partial charge in [-0.05, 0) is 43.3 Å². The number of anilines is 1. The van der Waals surface area contributed by atoms with Crippen molar-refractivity contribution in [3.63, 3.8) is 0 Å². The van der Waals surface area contributed by atoms with Crippen LogP contribution in [0.3, 0.4) is 0 Å². The molecule has 164 valence electrons. The van der Waals surface area contributed by atoms with E-state index in [9.17, 15) is 15.0 Å². The minimum Gasteiger partial charge on any atom is -0.465 e. The van der Waals surface area contributed by atoms with E-state index in [0.717, 1.165) is 27.9 Å². The predicted octanol–water partition coefficient (Wildman–Crippen LogP) is 3.06. The molecule has 4 aromatic rings. The van der Waals surface area contributed by atoms with Crippen molar-refractivity contribution < 1.29 is 19.7 Å². The Morgan fingerprint density at radius 3 is 2.81 bits per heavy atom. The second-order valence-electron chi connectivity index (χ2n) is 7.79. The van der Waals surface area contributed by atoms with E-state index in [2.05, 4.69) is 9.97 Å². The molecule has 9 heteroatoms. The van der Waals surface area contributed by atoms with Crippen LogP contribution >= 0.6 is 11.8 Å². The summed E-state index contributed by atoms with van der Waals surface area (Å²) in [6.45, 7) is 2.42. The minimum absolute atomic E-state index is 0.208. The number of carbonyl (C=O) groups excluding carboxylic acids is 1. The van der Waals surface area contributed by atoms with Crippen molar-refractivity contribution in [3.05, 3.63) is 53.9 Å². The van der Waals surface area contributed by atoms with Crippen LogP contribution in [0.2, 0.25) is 0 Å². The Hall–Kier alpha value is -3.14. The van der Waals surface area contributed by atoms with E-state index in [0.29, 0.717) is 34.5 Å². The number of methoxy groups -OCH3 is 1. The molecule has 0 radical (unpaired) electrons. The lowest BCUT2D eigenvalue weighted by Gasteiger charge is -2.40. The molecule has 0 amide bonds. The van der Waals surface area contributed by atoms with Crippen molar-refractivity contribution in [2.24, 2.45) is 0 Å². The first-order valence-corrected chi connectivity index (χ1v) is 11.3. The number of carbonyl (C=O) groups is 1. The van der Waals surface area contributed by atoms with Crippen molar-refractivity contribution in [1.82, 2.24) is 15.0 Å². The Kier molecular flexibility index (Phi) is 5.04. The number of aromatic nitrogens is 3. The minimum atomic E-state index is -1.91. The fourth-order valence-corrected chi connectivity index (χ4v) is 4.89.